The van der Waals surface area contributed by atoms with Crippen LogP contribution in [0.1, 0.15) is 26.7 Å². The van der Waals surface area contributed by atoms with Crippen LogP contribution in [0, 0.1) is 0 Å². The minimum Gasteiger partial charge on any atom is -0.370 e. The standard InChI is InChI=1S/C15H26N6OS.HI/c1-3-12(2)19-13(22)4-5-17-14(16)20-7-9-21(10-8-20)15-18-6-11-23-15;/h6,11-12H,3-5,7-10H2,1-2H3,(H2,16,17)(H,19,22);1H. The number of hydrogen-bond donors (Lipinski definition) is 2. The molecule has 0 spiro atoms. The molecule has 136 valence electrons. The largest absolute Gasteiger partial charge is 0.370 e. The molecule has 0 bridgehead atoms. The first kappa shape index (κ1) is 20.9. The van der Waals surface area contributed by atoms with Gasteiger partial charge in [-0.1, -0.05) is 6.92 Å². The van der Waals surface area contributed by atoms with E-state index in [0.717, 1.165) is 37.7 Å². The second kappa shape index (κ2) is 10.7. The molecule has 1 fully saturated rings. The van der Waals surface area contributed by atoms with Crippen molar-refractivity contribution in [3.8, 4) is 0 Å². The number of rotatable bonds is 6. The number of amides is 1. The van der Waals surface area contributed by atoms with Crippen LogP contribution in [0.5, 0.6) is 0 Å². The van der Waals surface area contributed by atoms with E-state index < -0.39 is 0 Å². The number of carbonyl (C=O) groups is 1. The second-order valence-corrected chi connectivity index (χ2v) is 6.53. The number of nitrogens with two attached hydrogens (primary N) is 1. The van der Waals surface area contributed by atoms with Crippen LogP contribution in [-0.4, -0.2) is 60.5 Å². The summed E-state index contributed by atoms with van der Waals surface area (Å²) in [4.78, 5) is 24.7. The first-order valence-electron chi connectivity index (χ1n) is 8.08. The Balaban J connectivity index is 0.00000288. The van der Waals surface area contributed by atoms with Crippen molar-refractivity contribution in [2.45, 2.75) is 32.7 Å². The van der Waals surface area contributed by atoms with Gasteiger partial charge in [-0.3, -0.25) is 9.79 Å². The van der Waals surface area contributed by atoms with Crippen molar-refractivity contribution in [2.75, 3.05) is 37.6 Å². The monoisotopic (exact) mass is 466 g/mol. The van der Waals surface area contributed by atoms with E-state index in [1.165, 1.54) is 0 Å². The number of hydrogen-bond acceptors (Lipinski definition) is 5. The summed E-state index contributed by atoms with van der Waals surface area (Å²) in [6.45, 7) is 7.91. The molecule has 0 aromatic carbocycles. The Morgan fingerprint density at radius 2 is 2.17 bits per heavy atom. The molecule has 2 heterocycles. The van der Waals surface area contributed by atoms with Crippen LogP contribution in [-0.2, 0) is 4.79 Å². The van der Waals surface area contributed by atoms with Gasteiger partial charge in [-0.2, -0.15) is 0 Å². The molecule has 1 aromatic heterocycles. The molecular weight excluding hydrogens is 439 g/mol. The molecule has 0 aliphatic carbocycles. The third-order valence-corrected chi connectivity index (χ3v) is 4.76. The first-order chi connectivity index (χ1) is 11.1. The van der Waals surface area contributed by atoms with Crippen LogP contribution in [0.4, 0.5) is 5.13 Å². The van der Waals surface area contributed by atoms with Gasteiger partial charge in [0.15, 0.2) is 11.1 Å². The molecule has 24 heavy (non-hydrogen) atoms. The van der Waals surface area contributed by atoms with Crippen molar-refractivity contribution in [1.82, 2.24) is 15.2 Å². The Bertz CT molecular complexity index is 516. The molecule has 1 aliphatic heterocycles. The number of nitrogens with one attached hydrogen (secondary N) is 1. The number of piperazine rings is 1. The maximum absolute atomic E-state index is 11.7. The number of aliphatic imine (C=N–C) groups is 1. The van der Waals surface area contributed by atoms with Gasteiger partial charge in [0.2, 0.25) is 5.91 Å². The molecule has 0 radical (unpaired) electrons. The maximum Gasteiger partial charge on any atom is 0.222 e. The maximum atomic E-state index is 11.7. The Kier molecular flexibility index (Phi) is 9.34. The highest BCUT2D eigenvalue weighted by atomic mass is 127. The van der Waals surface area contributed by atoms with Crippen LogP contribution in [0.25, 0.3) is 0 Å². The van der Waals surface area contributed by atoms with E-state index in [-0.39, 0.29) is 35.9 Å². The lowest BCUT2D eigenvalue weighted by Crippen LogP contribution is -2.51. The Hall–Kier alpha value is -1.10. The number of thiazole rings is 1. The van der Waals surface area contributed by atoms with Crippen LogP contribution in [0.15, 0.2) is 16.6 Å². The number of carbonyl (C=O) groups excluding carboxylic acids is 1. The van der Waals surface area contributed by atoms with Gasteiger partial charge in [-0.25, -0.2) is 4.98 Å². The van der Waals surface area contributed by atoms with Crippen LogP contribution in [0.2, 0.25) is 0 Å². The molecule has 1 unspecified atom stereocenters. The van der Waals surface area contributed by atoms with E-state index in [1.54, 1.807) is 11.3 Å². The number of guanidine groups is 1. The topological polar surface area (TPSA) is 86.8 Å². The van der Waals surface area contributed by atoms with E-state index in [2.05, 4.69) is 25.1 Å². The van der Waals surface area contributed by atoms with Gasteiger partial charge in [0, 0.05) is 50.2 Å². The number of halogens is 1. The quantitative estimate of drug-likeness (QED) is 0.377. The van der Waals surface area contributed by atoms with E-state index in [9.17, 15) is 4.79 Å². The third kappa shape index (κ3) is 6.42. The predicted molar refractivity (Wildman–Crippen MR) is 110 cm³/mol. The minimum absolute atomic E-state index is 0. The van der Waals surface area contributed by atoms with E-state index >= 15 is 0 Å². The van der Waals surface area contributed by atoms with E-state index in [4.69, 9.17) is 5.73 Å². The van der Waals surface area contributed by atoms with E-state index in [1.807, 2.05) is 25.4 Å². The van der Waals surface area contributed by atoms with Gasteiger partial charge >= 0.3 is 0 Å². The molecule has 2 rings (SSSR count). The summed E-state index contributed by atoms with van der Waals surface area (Å²) in [6.07, 6.45) is 3.14. The van der Waals surface area contributed by atoms with Crippen molar-refractivity contribution < 1.29 is 4.79 Å². The van der Waals surface area contributed by atoms with Crippen LogP contribution < -0.4 is 16.0 Å². The predicted octanol–water partition coefficient (Wildman–Crippen LogP) is 1.50. The summed E-state index contributed by atoms with van der Waals surface area (Å²) in [7, 11) is 0. The summed E-state index contributed by atoms with van der Waals surface area (Å²) in [5, 5.41) is 5.97. The van der Waals surface area contributed by atoms with Gasteiger partial charge in [0.1, 0.15) is 0 Å². The number of aromatic nitrogens is 1. The summed E-state index contributed by atoms with van der Waals surface area (Å²) in [5.41, 5.74) is 6.04. The van der Waals surface area contributed by atoms with Gasteiger partial charge in [-0.15, -0.1) is 35.3 Å². The Morgan fingerprint density at radius 3 is 2.75 bits per heavy atom. The summed E-state index contributed by atoms with van der Waals surface area (Å²) in [5.74, 6) is 0.560. The fourth-order valence-corrected chi connectivity index (χ4v) is 3.02. The van der Waals surface area contributed by atoms with Crippen LogP contribution in [0.3, 0.4) is 0 Å². The van der Waals surface area contributed by atoms with E-state index in [0.29, 0.717) is 18.9 Å². The van der Waals surface area contributed by atoms with Crippen molar-refractivity contribution >= 4 is 52.3 Å². The average Bonchev–Trinajstić information content (AvgIpc) is 3.09. The molecule has 3 N–H and O–H groups in total. The summed E-state index contributed by atoms with van der Waals surface area (Å²) in [6, 6.07) is 0.211. The Morgan fingerprint density at radius 1 is 1.46 bits per heavy atom. The SMILES string of the molecule is CCC(C)NC(=O)CCN=C(N)N1CCN(c2nccs2)CC1.I. The summed E-state index contributed by atoms with van der Waals surface area (Å²) < 4.78 is 0. The smallest absolute Gasteiger partial charge is 0.222 e. The molecule has 1 aromatic rings. The highest BCUT2D eigenvalue weighted by molar-refractivity contribution is 14.0. The fourth-order valence-electron chi connectivity index (χ4n) is 2.32. The van der Waals surface area contributed by atoms with Gasteiger partial charge in [0.05, 0.1) is 6.54 Å². The lowest BCUT2D eigenvalue weighted by Gasteiger charge is -2.35. The van der Waals surface area contributed by atoms with Crippen molar-refractivity contribution in [3.63, 3.8) is 0 Å². The third-order valence-electron chi connectivity index (χ3n) is 3.93. The van der Waals surface area contributed by atoms with Crippen LogP contribution >= 0.6 is 35.3 Å². The fraction of sp³-hybridized carbons (Fsp3) is 0.667. The van der Waals surface area contributed by atoms with Crippen molar-refractivity contribution in [1.29, 1.82) is 0 Å². The Labute approximate surface area is 164 Å². The number of nitrogens with zero attached hydrogens (tertiary/aromatic N) is 4. The molecule has 1 atom stereocenters. The summed E-state index contributed by atoms with van der Waals surface area (Å²) >= 11 is 1.65. The zero-order chi connectivity index (χ0) is 16.7. The lowest BCUT2D eigenvalue weighted by molar-refractivity contribution is -0.121. The zero-order valence-electron chi connectivity index (χ0n) is 14.3. The molecule has 0 saturated carbocycles. The zero-order valence-corrected chi connectivity index (χ0v) is 17.4. The van der Waals surface area contributed by atoms with Gasteiger partial charge in [-0.05, 0) is 13.3 Å². The normalized spacial score (nSPS) is 16.5. The van der Waals surface area contributed by atoms with Crippen molar-refractivity contribution in [2.24, 2.45) is 10.7 Å². The molecule has 7 nitrogen and oxygen atoms in total. The van der Waals surface area contributed by atoms with Gasteiger partial charge in [0.25, 0.3) is 0 Å². The highest BCUT2D eigenvalue weighted by Crippen LogP contribution is 2.18. The molecule has 1 saturated heterocycles. The lowest BCUT2D eigenvalue weighted by atomic mass is 10.2. The molecular formula is C15H27IN6OS. The number of anilines is 1. The van der Waals surface area contributed by atoms with Crippen molar-refractivity contribution in [3.05, 3.63) is 11.6 Å². The average molecular weight is 466 g/mol. The van der Waals surface area contributed by atoms with Gasteiger partial charge < -0.3 is 20.9 Å². The minimum atomic E-state index is 0. The highest BCUT2D eigenvalue weighted by Gasteiger charge is 2.19. The first-order valence-corrected chi connectivity index (χ1v) is 8.96. The second-order valence-electron chi connectivity index (χ2n) is 5.66. The molecule has 1 aliphatic rings. The molecule has 1 amide bonds. The molecule has 9 heteroatoms.